The molecule has 0 amide bonds. The van der Waals surface area contributed by atoms with Crippen molar-refractivity contribution in [1.29, 1.82) is 0 Å². The summed E-state index contributed by atoms with van der Waals surface area (Å²) < 4.78 is 0. The molecule has 0 saturated heterocycles. The van der Waals surface area contributed by atoms with Crippen molar-refractivity contribution in [2.75, 3.05) is 0 Å². The summed E-state index contributed by atoms with van der Waals surface area (Å²) in [6, 6.07) is 160. The van der Waals surface area contributed by atoms with Gasteiger partial charge in [-0.05, 0) is 162 Å². The molecule has 0 atom stereocenters. The number of nitrogens with zero attached hydrogens (tertiary/aromatic N) is 8. The fourth-order valence-corrected chi connectivity index (χ4v) is 13.5. The molecule has 4 radical (unpaired) electrons. The van der Waals surface area contributed by atoms with E-state index in [-0.39, 0.29) is 110 Å². The van der Waals surface area contributed by atoms with Crippen molar-refractivity contribution >= 4 is 0 Å². The Labute approximate surface area is 850 Å². The third-order valence-corrected chi connectivity index (χ3v) is 19.8. The number of aryl methyl sites for hydroxylation is 6. The van der Waals surface area contributed by atoms with E-state index >= 15 is 0 Å². The normalized spacial score (nSPS) is 9.54. The molecule has 8 aromatic heterocycles. The van der Waals surface area contributed by atoms with Gasteiger partial charge in [-0.2, -0.15) is 0 Å². The van der Waals surface area contributed by atoms with Crippen LogP contribution in [-0.4, -0.2) is 39.9 Å². The van der Waals surface area contributed by atoms with E-state index in [0.717, 1.165) is 95.8 Å². The molecule has 0 aliphatic heterocycles. The fraction of sp³-hybridized carbons (Fsp3) is 0.0820. The summed E-state index contributed by atoms with van der Waals surface area (Å²) in [5.74, 6) is 0. The van der Waals surface area contributed by atoms with E-state index in [4.69, 9.17) is 0 Å². The summed E-state index contributed by atoms with van der Waals surface area (Å²) in [4.78, 5) is 35.3. The van der Waals surface area contributed by atoms with Gasteiger partial charge in [-0.25, -0.2) is 0 Å². The van der Waals surface area contributed by atoms with Crippen LogP contribution < -0.4 is 0 Å². The molecular formula is C122H108Ir4N8-8. The summed E-state index contributed by atoms with van der Waals surface area (Å²) in [5, 5.41) is 0. The van der Waals surface area contributed by atoms with Crippen LogP contribution in [-0.2, 0) is 80.4 Å². The van der Waals surface area contributed by atoms with Gasteiger partial charge in [0.15, 0.2) is 0 Å². The Bertz CT molecular complexity index is 6060. The first-order valence-corrected chi connectivity index (χ1v) is 41.6. The minimum atomic E-state index is 0. The van der Waals surface area contributed by atoms with Gasteiger partial charge in [0.1, 0.15) is 0 Å². The first-order chi connectivity index (χ1) is 62.0. The summed E-state index contributed by atoms with van der Waals surface area (Å²) in [7, 11) is 0. The van der Waals surface area contributed by atoms with Crippen molar-refractivity contribution < 1.29 is 80.4 Å². The van der Waals surface area contributed by atoms with Gasteiger partial charge >= 0.3 is 0 Å². The number of hydrogen-bond donors (Lipinski definition) is 0. The first-order valence-electron chi connectivity index (χ1n) is 41.6. The zero-order valence-corrected chi connectivity index (χ0v) is 82.2. The van der Waals surface area contributed by atoms with Gasteiger partial charge in [0.25, 0.3) is 0 Å². The second-order valence-electron chi connectivity index (χ2n) is 29.0. The molecule has 0 spiro atoms. The average Bonchev–Trinajstić information content (AvgIpc) is 0.809. The Morgan fingerprint density at radius 1 is 0.187 bits per heavy atom. The molecule has 0 unspecified atom stereocenters. The molecule has 20 rings (SSSR count). The predicted octanol–water partition coefficient (Wildman–Crippen LogP) is 31.4. The van der Waals surface area contributed by atoms with Crippen molar-refractivity contribution in [2.45, 2.75) is 71.2 Å². The minimum Gasteiger partial charge on any atom is -0.305 e. The van der Waals surface area contributed by atoms with Crippen molar-refractivity contribution in [2.24, 2.45) is 0 Å². The summed E-state index contributed by atoms with van der Waals surface area (Å²) in [5.41, 5.74) is 32.8. The van der Waals surface area contributed by atoms with Gasteiger partial charge in [-0.15, -0.1) is 287 Å². The van der Waals surface area contributed by atoms with Gasteiger partial charge in [-0.1, -0.05) is 223 Å². The Morgan fingerprint density at radius 3 is 0.754 bits per heavy atom. The number of benzene rings is 12. The second kappa shape index (κ2) is 60.5. The van der Waals surface area contributed by atoms with Crippen LogP contribution in [0.3, 0.4) is 0 Å². The van der Waals surface area contributed by atoms with Crippen LogP contribution in [0.4, 0.5) is 0 Å². The molecule has 134 heavy (non-hydrogen) atoms. The van der Waals surface area contributed by atoms with Crippen LogP contribution in [0.15, 0.2) is 450 Å². The van der Waals surface area contributed by atoms with Crippen molar-refractivity contribution in [3.8, 4) is 135 Å². The Kier molecular flexibility index (Phi) is 50.1. The van der Waals surface area contributed by atoms with E-state index in [2.05, 4.69) is 214 Å². The minimum absolute atomic E-state index is 0. The first kappa shape index (κ1) is 111. The van der Waals surface area contributed by atoms with Crippen molar-refractivity contribution in [1.82, 2.24) is 39.9 Å². The quantitative estimate of drug-likeness (QED) is 0.111. The number of aromatic nitrogens is 8. The molecule has 12 heteroatoms. The fourth-order valence-electron chi connectivity index (χ4n) is 13.5. The number of hydrogen-bond acceptors (Lipinski definition) is 8. The predicted molar refractivity (Wildman–Crippen MR) is 545 cm³/mol. The van der Waals surface area contributed by atoms with E-state index in [1.54, 1.807) is 12.4 Å². The molecule has 0 aliphatic carbocycles. The Morgan fingerprint density at radius 2 is 0.463 bits per heavy atom. The molecule has 8 nitrogen and oxygen atoms in total. The topological polar surface area (TPSA) is 103 Å². The molecule has 680 valence electrons. The van der Waals surface area contributed by atoms with Crippen LogP contribution in [0, 0.1) is 90.1 Å². The summed E-state index contributed by atoms with van der Waals surface area (Å²) >= 11 is 0. The molecule has 0 saturated carbocycles. The number of rotatable bonds is 12. The zero-order chi connectivity index (χ0) is 87.0. The maximum absolute atomic E-state index is 4.55. The smallest absolute Gasteiger partial charge is 0.0268 e. The monoisotopic (exact) mass is 2460 g/mol. The van der Waals surface area contributed by atoms with E-state index in [0.29, 0.717) is 0 Å². The van der Waals surface area contributed by atoms with Gasteiger partial charge in [0.2, 0.25) is 0 Å². The molecule has 0 aliphatic rings. The standard InChI is InChI=1S/3C18H14N.C17H12N.C13H12N.C12H10N.2C11H8N.4CH4.4Ir/c3*1-14-12-18(16-10-6-3-7-11-16)19-13-17(14)15-8-4-2-5-9-15;1-3-7-14(8-4-1)16-11-12-18-17(13-16)15-9-5-2-6-10-15;1-10-8-11(2)14-13(9-10)12-6-4-3-5-7-12;1-10-6-5-9-13-12(10)11-7-3-2-4-8-11;2*1-2-6-10(7-3-1)11-8-4-5-9-12-11;;;;;;;;/h3*2-10,12-13H,1H3;1-9,11-13H;3-6,8-9H,1-2H3;2-7,9H,1H3;2*1-6,8-9H;4*1H4;;;;/q8*-1;;;;;;;;. The molecule has 0 fully saturated rings. The van der Waals surface area contributed by atoms with E-state index in [9.17, 15) is 0 Å². The third-order valence-electron chi connectivity index (χ3n) is 19.8. The van der Waals surface area contributed by atoms with Gasteiger partial charge < -0.3 is 39.9 Å². The summed E-state index contributed by atoms with van der Waals surface area (Å²) in [6.07, 6.45) is 13.1. The molecule has 0 N–H and O–H groups in total. The maximum Gasteiger partial charge on any atom is 0.0268 e. The maximum atomic E-state index is 4.55. The second-order valence-corrected chi connectivity index (χ2v) is 29.0. The molecule has 8 heterocycles. The SMILES string of the molecule is C.C.C.C.Cc1cc(-c2[c-]cccc2)ncc1-c1ccccc1.Cc1cc(-c2[c-]cccc2)ncc1-c1ccccc1.Cc1cc(-c2[c-]cccc2)ncc1-c1ccccc1.Cc1cc(C)nc(-c2[c-]cccc2)c1.Cc1cccnc1-c1[c-]cccc1.[Ir].[Ir].[Ir].[Ir].[c-]1ccccc1-c1cc(-c2ccccc2)ccn1.[c-]1ccccc1-c1ccccn1.[c-]1ccccc1-c1ccccn1. The zero-order valence-electron chi connectivity index (χ0n) is 72.6. The molecule has 0 bridgehead atoms. The molecule has 20 aromatic rings. The Balaban J connectivity index is 0.000000270. The molecular weight excluding hydrogens is 2350 g/mol. The average molecular weight is 2460 g/mol. The van der Waals surface area contributed by atoms with Crippen LogP contribution in [0.2, 0.25) is 0 Å². The largest absolute Gasteiger partial charge is 0.305 e. The van der Waals surface area contributed by atoms with Crippen molar-refractivity contribution in [3.05, 3.63) is 532 Å². The Hall–Kier alpha value is -13.6. The van der Waals surface area contributed by atoms with Crippen molar-refractivity contribution in [3.63, 3.8) is 0 Å². The van der Waals surface area contributed by atoms with Gasteiger partial charge in [-0.3, -0.25) is 0 Å². The van der Waals surface area contributed by atoms with Crippen LogP contribution in [0.5, 0.6) is 0 Å². The molecule has 12 aromatic carbocycles. The van der Waals surface area contributed by atoms with Crippen LogP contribution >= 0.6 is 0 Å². The van der Waals surface area contributed by atoms with Crippen LogP contribution in [0.1, 0.15) is 63.2 Å². The number of pyridine rings is 8. The summed E-state index contributed by atoms with van der Waals surface area (Å²) in [6.45, 7) is 12.5. The van der Waals surface area contributed by atoms with Gasteiger partial charge in [0, 0.05) is 146 Å². The third kappa shape index (κ3) is 34.2. The van der Waals surface area contributed by atoms with Gasteiger partial charge in [0.05, 0.1) is 0 Å². The van der Waals surface area contributed by atoms with E-state index < -0.39 is 0 Å². The van der Waals surface area contributed by atoms with Crippen LogP contribution in [0.25, 0.3) is 135 Å². The van der Waals surface area contributed by atoms with E-state index in [1.807, 2.05) is 353 Å². The van der Waals surface area contributed by atoms with E-state index in [1.165, 1.54) is 72.3 Å².